The maximum absolute atomic E-state index is 12.5. The van der Waals surface area contributed by atoms with Crippen LogP contribution in [0.1, 0.15) is 27.5 Å². The van der Waals surface area contributed by atoms with E-state index in [4.69, 9.17) is 4.74 Å². The van der Waals surface area contributed by atoms with E-state index in [0.29, 0.717) is 6.54 Å². The number of hydrogen-bond acceptors (Lipinski definition) is 4. The van der Waals surface area contributed by atoms with Gasteiger partial charge in [-0.3, -0.25) is 4.79 Å². The van der Waals surface area contributed by atoms with Crippen molar-refractivity contribution in [2.24, 2.45) is 0 Å². The summed E-state index contributed by atoms with van der Waals surface area (Å²) in [5, 5.41) is 2.69. The summed E-state index contributed by atoms with van der Waals surface area (Å²) < 4.78 is 42.5. The van der Waals surface area contributed by atoms with Gasteiger partial charge in [-0.2, -0.15) is 13.2 Å². The van der Waals surface area contributed by atoms with E-state index in [-0.39, 0.29) is 11.6 Å². The maximum Gasteiger partial charge on any atom is 0.416 e. The Balaban J connectivity index is 1.85. The highest BCUT2D eigenvalue weighted by atomic mass is 19.4. The maximum atomic E-state index is 12.5. The molecule has 28 heavy (non-hydrogen) atoms. The van der Waals surface area contributed by atoms with Gasteiger partial charge in [-0.05, 0) is 43.9 Å². The zero-order valence-corrected chi connectivity index (χ0v) is 15.5. The number of esters is 1. The van der Waals surface area contributed by atoms with Crippen molar-refractivity contribution in [3.8, 4) is 0 Å². The van der Waals surface area contributed by atoms with Gasteiger partial charge in [-0.15, -0.1) is 0 Å². The molecule has 0 saturated heterocycles. The number of ether oxygens (including phenoxy) is 1. The van der Waals surface area contributed by atoms with Gasteiger partial charge in [0.2, 0.25) is 0 Å². The second-order valence-corrected chi connectivity index (χ2v) is 6.35. The molecule has 0 radical (unpaired) electrons. The Bertz CT molecular complexity index is 791. The largest absolute Gasteiger partial charge is 0.452 e. The van der Waals surface area contributed by atoms with E-state index >= 15 is 0 Å². The monoisotopic (exact) mass is 394 g/mol. The molecule has 1 amide bonds. The van der Waals surface area contributed by atoms with Crippen molar-refractivity contribution in [3.05, 3.63) is 71.3 Å². The molecule has 2 rings (SSSR count). The zero-order valence-electron chi connectivity index (χ0n) is 15.5. The lowest BCUT2D eigenvalue weighted by Gasteiger charge is -2.25. The molecule has 0 aromatic heterocycles. The molecule has 2 aromatic carbocycles. The third kappa shape index (κ3) is 6.09. The SMILES string of the molecule is CN(C)[C@@H](CNC(=O)COC(=O)c1ccc(C(F)(F)F)cc1)c1ccccc1. The number of rotatable bonds is 7. The minimum Gasteiger partial charge on any atom is -0.452 e. The number of hydrogen-bond donors (Lipinski definition) is 1. The Morgan fingerprint density at radius 3 is 2.18 bits per heavy atom. The lowest BCUT2D eigenvalue weighted by atomic mass is 10.1. The van der Waals surface area contributed by atoms with Gasteiger partial charge in [-0.1, -0.05) is 30.3 Å². The van der Waals surface area contributed by atoms with Crippen LogP contribution in [-0.4, -0.2) is 44.0 Å². The van der Waals surface area contributed by atoms with Gasteiger partial charge >= 0.3 is 12.1 Å². The minimum atomic E-state index is -4.48. The first-order valence-electron chi connectivity index (χ1n) is 8.51. The van der Waals surface area contributed by atoms with Gasteiger partial charge < -0.3 is 15.0 Å². The second kappa shape index (κ2) is 9.36. The molecule has 0 unspecified atom stereocenters. The molecule has 1 atom stereocenters. The first-order chi connectivity index (χ1) is 13.2. The number of amides is 1. The highest BCUT2D eigenvalue weighted by molar-refractivity contribution is 5.91. The number of benzene rings is 2. The topological polar surface area (TPSA) is 58.6 Å². The Morgan fingerprint density at radius 1 is 1.04 bits per heavy atom. The van der Waals surface area contributed by atoms with Gasteiger partial charge in [0.1, 0.15) is 0 Å². The molecule has 0 bridgehead atoms. The first-order valence-corrected chi connectivity index (χ1v) is 8.51. The summed E-state index contributed by atoms with van der Waals surface area (Å²) in [6.45, 7) is -0.206. The summed E-state index contributed by atoms with van der Waals surface area (Å²) in [6.07, 6.45) is -4.48. The molecule has 0 spiro atoms. The Labute approximate surface area is 161 Å². The van der Waals surface area contributed by atoms with Crippen molar-refractivity contribution in [1.29, 1.82) is 0 Å². The van der Waals surface area contributed by atoms with Crippen LogP contribution in [0.5, 0.6) is 0 Å². The highest BCUT2D eigenvalue weighted by Crippen LogP contribution is 2.29. The fraction of sp³-hybridized carbons (Fsp3) is 0.300. The molecule has 8 heteroatoms. The number of nitrogens with one attached hydrogen (secondary N) is 1. The fourth-order valence-electron chi connectivity index (χ4n) is 2.55. The van der Waals surface area contributed by atoms with E-state index in [1.807, 2.05) is 49.3 Å². The van der Waals surface area contributed by atoms with E-state index in [0.717, 1.165) is 29.8 Å². The van der Waals surface area contributed by atoms with Crippen molar-refractivity contribution in [1.82, 2.24) is 10.2 Å². The second-order valence-electron chi connectivity index (χ2n) is 6.35. The Hall–Kier alpha value is -2.87. The minimum absolute atomic E-state index is 0.0590. The predicted molar refractivity (Wildman–Crippen MR) is 97.6 cm³/mol. The van der Waals surface area contributed by atoms with Gasteiger partial charge in [0, 0.05) is 6.54 Å². The Morgan fingerprint density at radius 2 is 1.64 bits per heavy atom. The van der Waals surface area contributed by atoms with Crippen LogP contribution in [-0.2, 0) is 15.7 Å². The van der Waals surface area contributed by atoms with Gasteiger partial charge in [0.25, 0.3) is 5.91 Å². The van der Waals surface area contributed by atoms with E-state index in [1.165, 1.54) is 0 Å². The van der Waals surface area contributed by atoms with Crippen LogP contribution in [0.2, 0.25) is 0 Å². The van der Waals surface area contributed by atoms with Crippen molar-refractivity contribution in [2.45, 2.75) is 12.2 Å². The Kier molecular flexibility index (Phi) is 7.17. The molecule has 150 valence electrons. The summed E-state index contributed by atoms with van der Waals surface area (Å²) in [4.78, 5) is 25.8. The highest BCUT2D eigenvalue weighted by Gasteiger charge is 2.30. The van der Waals surface area contributed by atoms with E-state index in [1.54, 1.807) is 0 Å². The summed E-state index contributed by atoms with van der Waals surface area (Å²) in [5.41, 5.74) is 0.100. The first kappa shape index (κ1) is 21.4. The lowest BCUT2D eigenvalue weighted by Crippen LogP contribution is -2.36. The molecule has 0 aliphatic carbocycles. The predicted octanol–water partition coefficient (Wildman–Crippen LogP) is 3.28. The molecular formula is C20H21F3N2O3. The fourth-order valence-corrected chi connectivity index (χ4v) is 2.55. The normalized spacial score (nSPS) is 12.5. The molecule has 0 fully saturated rings. The third-order valence-corrected chi connectivity index (χ3v) is 4.08. The molecule has 0 aliphatic heterocycles. The van der Waals surface area contributed by atoms with Crippen LogP contribution in [0.15, 0.2) is 54.6 Å². The molecule has 1 N–H and O–H groups in total. The van der Waals surface area contributed by atoms with Gasteiger partial charge in [-0.25, -0.2) is 4.79 Å². The quantitative estimate of drug-likeness (QED) is 0.733. The van der Waals surface area contributed by atoms with Gasteiger partial charge in [0.05, 0.1) is 17.2 Å². The third-order valence-electron chi connectivity index (χ3n) is 4.08. The summed E-state index contributed by atoms with van der Waals surface area (Å²) in [7, 11) is 3.77. The van der Waals surface area contributed by atoms with Crippen LogP contribution < -0.4 is 5.32 Å². The molecule has 0 heterocycles. The molecule has 5 nitrogen and oxygen atoms in total. The average molecular weight is 394 g/mol. The smallest absolute Gasteiger partial charge is 0.416 e. The van der Waals surface area contributed by atoms with E-state index < -0.39 is 30.2 Å². The molecule has 0 saturated carbocycles. The number of alkyl halides is 3. The molecule has 0 aliphatic rings. The van der Waals surface area contributed by atoms with Crippen LogP contribution in [0.25, 0.3) is 0 Å². The van der Waals surface area contributed by atoms with Crippen LogP contribution in [0.4, 0.5) is 13.2 Å². The number of carbonyl (C=O) groups excluding carboxylic acids is 2. The van der Waals surface area contributed by atoms with E-state index in [9.17, 15) is 22.8 Å². The molecular weight excluding hydrogens is 373 g/mol. The van der Waals surface area contributed by atoms with Crippen molar-refractivity contribution < 1.29 is 27.5 Å². The van der Waals surface area contributed by atoms with Crippen molar-refractivity contribution in [3.63, 3.8) is 0 Å². The lowest BCUT2D eigenvalue weighted by molar-refractivity contribution is -0.137. The zero-order chi connectivity index (χ0) is 20.7. The van der Waals surface area contributed by atoms with Crippen molar-refractivity contribution >= 4 is 11.9 Å². The van der Waals surface area contributed by atoms with Crippen LogP contribution >= 0.6 is 0 Å². The van der Waals surface area contributed by atoms with Crippen LogP contribution in [0.3, 0.4) is 0 Å². The van der Waals surface area contributed by atoms with Crippen molar-refractivity contribution in [2.75, 3.05) is 27.2 Å². The van der Waals surface area contributed by atoms with E-state index in [2.05, 4.69) is 5.32 Å². The standard InChI is InChI=1S/C20H21F3N2O3/c1-25(2)17(14-6-4-3-5-7-14)12-24-18(26)13-28-19(27)15-8-10-16(11-9-15)20(21,22)23/h3-11,17H,12-13H2,1-2H3,(H,24,26)/t17-/m0/s1. The number of carbonyl (C=O) groups is 2. The summed E-state index contributed by atoms with van der Waals surface area (Å²) >= 11 is 0. The number of nitrogens with zero attached hydrogens (tertiary/aromatic N) is 1. The van der Waals surface area contributed by atoms with Crippen LogP contribution in [0, 0.1) is 0 Å². The average Bonchev–Trinajstić information content (AvgIpc) is 2.66. The number of halogens is 3. The molecule has 2 aromatic rings. The summed E-state index contributed by atoms with van der Waals surface area (Å²) in [6, 6.07) is 13.1. The number of likely N-dealkylation sites (N-methyl/N-ethyl adjacent to an activating group) is 1. The van der Waals surface area contributed by atoms with Gasteiger partial charge in [0.15, 0.2) is 6.61 Å². The summed E-state index contributed by atoms with van der Waals surface area (Å²) in [5.74, 6) is -1.36.